The number of para-hydroxylation sites is 1. The summed E-state index contributed by atoms with van der Waals surface area (Å²) in [7, 11) is 0. The Bertz CT molecular complexity index is 831. The fourth-order valence-corrected chi connectivity index (χ4v) is 2.39. The molecule has 2 heterocycles. The summed E-state index contributed by atoms with van der Waals surface area (Å²) >= 11 is 0. The average molecular weight is 265 g/mol. The molecule has 0 spiro atoms. The molecule has 0 radical (unpaired) electrons. The zero-order valence-electron chi connectivity index (χ0n) is 11.2. The molecule has 0 aliphatic heterocycles. The minimum atomic E-state index is -0.144. The second-order valence-electron chi connectivity index (χ2n) is 4.65. The van der Waals surface area contributed by atoms with Crippen molar-refractivity contribution in [3.8, 4) is 11.1 Å². The molecule has 1 aromatic carbocycles. The molecule has 0 bridgehead atoms. The van der Waals surface area contributed by atoms with E-state index in [-0.39, 0.29) is 11.2 Å². The molecule has 3 rings (SSSR count). The maximum absolute atomic E-state index is 11.9. The number of hydrogen-bond donors (Lipinski definition) is 1. The first-order valence-corrected chi connectivity index (χ1v) is 6.55. The minimum Gasteiger partial charge on any atom is -0.394 e. The van der Waals surface area contributed by atoms with Crippen LogP contribution in [0.15, 0.2) is 53.6 Å². The maximum Gasteiger partial charge on any atom is 0.273 e. The molecule has 100 valence electrons. The number of hydrogen-bond acceptors (Lipinski definition) is 3. The molecule has 0 saturated heterocycles. The van der Waals surface area contributed by atoms with Gasteiger partial charge in [-0.1, -0.05) is 18.2 Å². The van der Waals surface area contributed by atoms with Gasteiger partial charge in [0.15, 0.2) is 0 Å². The predicted octanol–water partition coefficient (Wildman–Crippen LogP) is 2.67. The molecule has 0 saturated carbocycles. The molecule has 4 heteroatoms. The third-order valence-electron chi connectivity index (χ3n) is 3.41. The van der Waals surface area contributed by atoms with Crippen LogP contribution in [0.1, 0.15) is 6.92 Å². The van der Waals surface area contributed by atoms with E-state index in [1.54, 1.807) is 16.8 Å². The number of nitrogens with zero attached hydrogens (tertiary/aromatic N) is 2. The molecule has 2 aromatic heterocycles. The Morgan fingerprint density at radius 2 is 2.05 bits per heavy atom. The van der Waals surface area contributed by atoms with Crippen molar-refractivity contribution in [3.05, 3.63) is 59.1 Å². The van der Waals surface area contributed by atoms with Crippen LogP contribution in [-0.4, -0.2) is 9.55 Å². The van der Waals surface area contributed by atoms with Crippen molar-refractivity contribution in [1.82, 2.24) is 9.55 Å². The molecular formula is C16H15N3O. The van der Waals surface area contributed by atoms with Gasteiger partial charge in [-0.15, -0.1) is 0 Å². The number of fused-ring (bicyclic) bond motifs is 1. The second kappa shape index (κ2) is 4.81. The summed E-state index contributed by atoms with van der Waals surface area (Å²) in [5.41, 5.74) is 8.85. The monoisotopic (exact) mass is 265 g/mol. The van der Waals surface area contributed by atoms with Gasteiger partial charge < -0.3 is 10.3 Å². The topological polar surface area (TPSA) is 60.9 Å². The normalized spacial score (nSPS) is 10.8. The Balaban J connectivity index is 2.31. The standard InChI is InChI=1S/C16H15N3O/c1-2-19-10-11(9-14(17)16(19)20)12-7-8-18-15-6-4-3-5-13(12)15/h3-10H,2,17H2,1H3. The van der Waals surface area contributed by atoms with Crippen molar-refractivity contribution >= 4 is 16.6 Å². The van der Waals surface area contributed by atoms with Crippen molar-refractivity contribution in [3.63, 3.8) is 0 Å². The van der Waals surface area contributed by atoms with Gasteiger partial charge in [0.1, 0.15) is 0 Å². The number of aryl methyl sites for hydroxylation is 1. The lowest BCUT2D eigenvalue weighted by Crippen LogP contribution is -2.21. The van der Waals surface area contributed by atoms with E-state index in [0.29, 0.717) is 6.54 Å². The minimum absolute atomic E-state index is 0.144. The second-order valence-corrected chi connectivity index (χ2v) is 4.65. The van der Waals surface area contributed by atoms with E-state index >= 15 is 0 Å². The third kappa shape index (κ3) is 1.95. The molecule has 4 nitrogen and oxygen atoms in total. The molecule has 0 amide bonds. The average Bonchev–Trinajstić information content (AvgIpc) is 2.49. The van der Waals surface area contributed by atoms with Gasteiger partial charge in [-0.05, 0) is 30.7 Å². The van der Waals surface area contributed by atoms with E-state index in [1.165, 1.54) is 0 Å². The Hall–Kier alpha value is -2.62. The summed E-state index contributed by atoms with van der Waals surface area (Å²) in [6.07, 6.45) is 3.62. The van der Waals surface area contributed by atoms with Crippen LogP contribution in [0.3, 0.4) is 0 Å². The lowest BCUT2D eigenvalue weighted by atomic mass is 10.0. The molecule has 0 fully saturated rings. The van der Waals surface area contributed by atoms with Gasteiger partial charge in [-0.3, -0.25) is 9.78 Å². The van der Waals surface area contributed by atoms with Crippen molar-refractivity contribution in [2.75, 3.05) is 5.73 Å². The summed E-state index contributed by atoms with van der Waals surface area (Å²) in [5.74, 6) is 0. The van der Waals surface area contributed by atoms with E-state index in [9.17, 15) is 4.79 Å². The van der Waals surface area contributed by atoms with Crippen LogP contribution in [0.5, 0.6) is 0 Å². The lowest BCUT2D eigenvalue weighted by molar-refractivity contribution is 0.731. The Kier molecular flexibility index (Phi) is 2.99. The predicted molar refractivity (Wildman–Crippen MR) is 81.5 cm³/mol. The number of anilines is 1. The van der Waals surface area contributed by atoms with Gasteiger partial charge in [0.25, 0.3) is 5.56 Å². The number of pyridine rings is 2. The summed E-state index contributed by atoms with van der Waals surface area (Å²) in [4.78, 5) is 16.2. The van der Waals surface area contributed by atoms with Gasteiger partial charge >= 0.3 is 0 Å². The summed E-state index contributed by atoms with van der Waals surface area (Å²) < 4.78 is 1.62. The first-order chi connectivity index (χ1) is 9.70. The van der Waals surface area contributed by atoms with Crippen LogP contribution in [0.2, 0.25) is 0 Å². The smallest absolute Gasteiger partial charge is 0.273 e. The van der Waals surface area contributed by atoms with Crippen LogP contribution >= 0.6 is 0 Å². The van der Waals surface area contributed by atoms with E-state index in [1.807, 2.05) is 43.5 Å². The zero-order valence-corrected chi connectivity index (χ0v) is 11.2. The highest BCUT2D eigenvalue weighted by Crippen LogP contribution is 2.27. The molecular weight excluding hydrogens is 250 g/mol. The SMILES string of the molecule is CCn1cc(-c2ccnc3ccccc23)cc(N)c1=O. The number of rotatable bonds is 2. The molecule has 0 atom stereocenters. The highest BCUT2D eigenvalue weighted by Gasteiger charge is 2.08. The third-order valence-corrected chi connectivity index (χ3v) is 3.41. The van der Waals surface area contributed by atoms with Crippen LogP contribution in [-0.2, 0) is 6.54 Å². The first kappa shape index (κ1) is 12.4. The van der Waals surface area contributed by atoms with E-state index in [0.717, 1.165) is 22.0 Å². The van der Waals surface area contributed by atoms with Crippen molar-refractivity contribution < 1.29 is 0 Å². The molecule has 0 unspecified atom stereocenters. The molecule has 3 aromatic rings. The summed E-state index contributed by atoms with van der Waals surface area (Å²) in [6.45, 7) is 2.52. The maximum atomic E-state index is 11.9. The number of benzene rings is 1. The van der Waals surface area contributed by atoms with Crippen molar-refractivity contribution in [2.24, 2.45) is 0 Å². The van der Waals surface area contributed by atoms with Crippen molar-refractivity contribution in [1.29, 1.82) is 0 Å². The first-order valence-electron chi connectivity index (χ1n) is 6.55. The molecule has 0 aliphatic carbocycles. The lowest BCUT2D eigenvalue weighted by Gasteiger charge is -2.10. The van der Waals surface area contributed by atoms with Gasteiger partial charge in [0.05, 0.1) is 11.2 Å². The molecule has 0 aliphatic rings. The Morgan fingerprint density at radius 3 is 2.85 bits per heavy atom. The van der Waals surface area contributed by atoms with Crippen LogP contribution in [0.4, 0.5) is 5.69 Å². The quantitative estimate of drug-likeness (QED) is 0.775. The van der Waals surface area contributed by atoms with Gasteiger partial charge in [-0.25, -0.2) is 0 Å². The molecule has 20 heavy (non-hydrogen) atoms. The highest BCUT2D eigenvalue weighted by atomic mass is 16.1. The van der Waals surface area contributed by atoms with Gasteiger partial charge in [0, 0.05) is 29.9 Å². The summed E-state index contributed by atoms with van der Waals surface area (Å²) in [5, 5.41) is 1.05. The number of nitrogens with two attached hydrogens (primary N) is 1. The largest absolute Gasteiger partial charge is 0.394 e. The molecule has 2 N–H and O–H groups in total. The van der Waals surface area contributed by atoms with E-state index < -0.39 is 0 Å². The Labute approximate surface area is 116 Å². The van der Waals surface area contributed by atoms with Gasteiger partial charge in [0.2, 0.25) is 0 Å². The fourth-order valence-electron chi connectivity index (χ4n) is 2.39. The van der Waals surface area contributed by atoms with E-state index in [4.69, 9.17) is 5.73 Å². The Morgan fingerprint density at radius 1 is 1.25 bits per heavy atom. The van der Waals surface area contributed by atoms with E-state index in [2.05, 4.69) is 4.98 Å². The van der Waals surface area contributed by atoms with Crippen LogP contribution in [0, 0.1) is 0 Å². The zero-order chi connectivity index (χ0) is 14.1. The fraction of sp³-hybridized carbons (Fsp3) is 0.125. The number of nitrogen functional groups attached to an aromatic ring is 1. The van der Waals surface area contributed by atoms with Gasteiger partial charge in [-0.2, -0.15) is 0 Å². The number of aromatic nitrogens is 2. The van der Waals surface area contributed by atoms with Crippen LogP contribution < -0.4 is 11.3 Å². The summed E-state index contributed by atoms with van der Waals surface area (Å²) in [6, 6.07) is 11.6. The highest BCUT2D eigenvalue weighted by molar-refractivity contribution is 5.94. The van der Waals surface area contributed by atoms with Crippen molar-refractivity contribution in [2.45, 2.75) is 13.5 Å². The van der Waals surface area contributed by atoms with Crippen LogP contribution in [0.25, 0.3) is 22.0 Å².